The fourth-order valence-electron chi connectivity index (χ4n) is 4.73. The number of amides is 1. The third kappa shape index (κ3) is 5.37. The highest BCUT2D eigenvalue weighted by Crippen LogP contribution is 2.26. The summed E-state index contributed by atoms with van der Waals surface area (Å²) in [5.74, 6) is 0.597. The second-order valence-electron chi connectivity index (χ2n) is 10.1. The van der Waals surface area contributed by atoms with Crippen LogP contribution in [0.4, 0.5) is 11.5 Å². The van der Waals surface area contributed by atoms with E-state index in [1.54, 1.807) is 66.7 Å². The molecule has 1 fully saturated rings. The van der Waals surface area contributed by atoms with Crippen molar-refractivity contribution >= 4 is 28.6 Å². The van der Waals surface area contributed by atoms with Gasteiger partial charge in [-0.1, -0.05) is 17.4 Å². The monoisotopic (exact) mass is 566 g/mol. The molecule has 42 heavy (non-hydrogen) atoms. The number of imidazole rings is 1. The normalized spacial score (nSPS) is 13.3. The Labute approximate surface area is 240 Å². The van der Waals surface area contributed by atoms with Crippen LogP contribution in [-0.4, -0.2) is 72.0 Å². The highest BCUT2D eigenvalue weighted by Gasteiger charge is 2.25. The molecule has 3 N–H and O–H groups in total. The molecule has 0 bridgehead atoms. The first kappa shape index (κ1) is 26.9. The van der Waals surface area contributed by atoms with Crippen molar-refractivity contribution < 1.29 is 9.53 Å². The zero-order chi connectivity index (χ0) is 29.2. The Morgan fingerprint density at radius 1 is 1.12 bits per heavy atom. The zero-order valence-electron chi connectivity index (χ0n) is 23.2. The first-order chi connectivity index (χ1) is 20.4. The van der Waals surface area contributed by atoms with Crippen molar-refractivity contribution in [2.45, 2.75) is 25.5 Å². The number of nitrogens with one attached hydrogen (secondary N) is 1. The number of ether oxygens (including phenoxy) is 1. The molecule has 1 aliphatic carbocycles. The number of nitrogen functional groups attached to an aromatic ring is 1. The number of likely N-dealkylation sites (N-methyl/N-ethyl adjacent to an activating group) is 2. The number of aromatic nitrogens is 7. The highest BCUT2D eigenvalue weighted by molar-refractivity contribution is 6.01. The smallest absolute Gasteiger partial charge is 0.339 e. The number of aromatic amines is 1. The maximum atomic E-state index is 13.9. The average Bonchev–Trinajstić information content (AvgIpc) is 3.64. The van der Waals surface area contributed by atoms with Gasteiger partial charge < -0.3 is 15.4 Å². The number of nitrogens with two attached hydrogens (primary N) is 1. The van der Waals surface area contributed by atoms with E-state index in [0.29, 0.717) is 40.0 Å². The Morgan fingerprint density at radius 3 is 2.67 bits per heavy atom. The van der Waals surface area contributed by atoms with Gasteiger partial charge in [-0.25, -0.2) is 19.3 Å². The van der Waals surface area contributed by atoms with Crippen LogP contribution in [0.2, 0.25) is 0 Å². The van der Waals surface area contributed by atoms with Gasteiger partial charge in [0.2, 0.25) is 5.91 Å². The fourth-order valence-corrected chi connectivity index (χ4v) is 4.73. The molecule has 13 nitrogen and oxygen atoms in total. The summed E-state index contributed by atoms with van der Waals surface area (Å²) >= 11 is 0. The lowest BCUT2D eigenvalue weighted by Gasteiger charge is -2.17. The number of fused-ring (bicyclic) bond motifs is 1. The largest absolute Gasteiger partial charge is 0.487 e. The molecule has 3 heterocycles. The van der Waals surface area contributed by atoms with Crippen LogP contribution in [0, 0.1) is 0 Å². The van der Waals surface area contributed by atoms with E-state index >= 15 is 0 Å². The van der Waals surface area contributed by atoms with E-state index in [0.717, 1.165) is 12.2 Å². The highest BCUT2D eigenvalue weighted by atomic mass is 16.5. The minimum Gasteiger partial charge on any atom is -0.487 e. The molecule has 5 aromatic rings. The lowest BCUT2D eigenvalue weighted by atomic mass is 10.2. The van der Waals surface area contributed by atoms with Gasteiger partial charge in [-0.2, -0.15) is 0 Å². The topological polar surface area (TPSA) is 153 Å². The Hall–Kier alpha value is -5.30. The molecular weight excluding hydrogens is 536 g/mol. The Balaban J connectivity index is 1.30. The van der Waals surface area contributed by atoms with Gasteiger partial charge in [-0.3, -0.25) is 19.4 Å². The fraction of sp³-hybridized carbons (Fsp3) is 0.241. The van der Waals surface area contributed by atoms with E-state index < -0.39 is 0 Å². The van der Waals surface area contributed by atoms with E-state index in [-0.39, 0.29) is 24.0 Å². The molecule has 0 atom stereocenters. The first-order valence-electron chi connectivity index (χ1n) is 13.5. The minimum atomic E-state index is -0.386. The SMILES string of the molecule is CN(C(=O)/C=C/CN(C)C1CC1)c1cccc(-n2c(=O)n(-c3ccc(OCc4cnn[nH]4)cc3)c3c(N)ncnc32)c1. The van der Waals surface area contributed by atoms with Crippen molar-refractivity contribution in [3.8, 4) is 17.1 Å². The summed E-state index contributed by atoms with van der Waals surface area (Å²) in [6.07, 6.45) is 8.78. The van der Waals surface area contributed by atoms with Crippen molar-refractivity contribution in [3.05, 3.63) is 89.4 Å². The lowest BCUT2D eigenvalue weighted by Crippen LogP contribution is -2.26. The predicted octanol–water partition coefficient (Wildman–Crippen LogP) is 2.46. The molecule has 3 aromatic heterocycles. The third-order valence-corrected chi connectivity index (χ3v) is 7.23. The van der Waals surface area contributed by atoms with Crippen molar-refractivity contribution in [2.75, 3.05) is 31.3 Å². The number of carbonyl (C=O) groups is 1. The van der Waals surface area contributed by atoms with Gasteiger partial charge >= 0.3 is 5.69 Å². The van der Waals surface area contributed by atoms with E-state index in [4.69, 9.17) is 10.5 Å². The predicted molar refractivity (Wildman–Crippen MR) is 158 cm³/mol. The second kappa shape index (κ2) is 11.3. The third-order valence-electron chi connectivity index (χ3n) is 7.23. The van der Waals surface area contributed by atoms with E-state index in [2.05, 4.69) is 37.3 Å². The molecule has 6 rings (SSSR count). The number of nitrogens with zero attached hydrogens (tertiary/aromatic N) is 8. The van der Waals surface area contributed by atoms with Crippen molar-refractivity contribution in [1.82, 2.24) is 39.4 Å². The van der Waals surface area contributed by atoms with Gasteiger partial charge in [-0.15, -0.1) is 5.10 Å². The molecule has 0 saturated heterocycles. The molecule has 2 aromatic carbocycles. The molecule has 13 heteroatoms. The van der Waals surface area contributed by atoms with Crippen LogP contribution in [0.5, 0.6) is 5.75 Å². The molecule has 1 aliphatic rings. The van der Waals surface area contributed by atoms with Crippen LogP contribution in [0.1, 0.15) is 18.5 Å². The Kier molecular flexibility index (Phi) is 7.23. The number of benzene rings is 2. The van der Waals surface area contributed by atoms with Gasteiger partial charge in [0, 0.05) is 31.4 Å². The zero-order valence-corrected chi connectivity index (χ0v) is 23.2. The summed E-state index contributed by atoms with van der Waals surface area (Å²) in [4.78, 5) is 39.2. The molecule has 1 amide bonds. The number of rotatable bonds is 10. The molecule has 1 saturated carbocycles. The van der Waals surface area contributed by atoms with Gasteiger partial charge in [0.25, 0.3) is 0 Å². The number of hydrogen-bond acceptors (Lipinski definition) is 9. The van der Waals surface area contributed by atoms with Crippen molar-refractivity contribution in [2.24, 2.45) is 0 Å². The molecule has 214 valence electrons. The van der Waals surface area contributed by atoms with Crippen molar-refractivity contribution in [3.63, 3.8) is 0 Å². The first-order valence-corrected chi connectivity index (χ1v) is 13.5. The van der Waals surface area contributed by atoms with E-state index in [1.165, 1.54) is 28.3 Å². The van der Waals surface area contributed by atoms with Gasteiger partial charge in [0.05, 0.1) is 23.3 Å². The van der Waals surface area contributed by atoms with Crippen LogP contribution >= 0.6 is 0 Å². The minimum absolute atomic E-state index is 0.160. The molecule has 0 aliphatic heterocycles. The summed E-state index contributed by atoms with van der Waals surface area (Å²) < 4.78 is 8.70. The van der Waals surface area contributed by atoms with Crippen molar-refractivity contribution in [1.29, 1.82) is 0 Å². The van der Waals surface area contributed by atoms with Crippen LogP contribution < -0.4 is 21.1 Å². The van der Waals surface area contributed by atoms with Gasteiger partial charge in [0.1, 0.15) is 24.2 Å². The molecule has 0 unspecified atom stereocenters. The number of anilines is 2. The quantitative estimate of drug-likeness (QED) is 0.243. The second-order valence-corrected chi connectivity index (χ2v) is 10.1. The summed E-state index contributed by atoms with van der Waals surface area (Å²) in [7, 11) is 3.77. The number of carbonyl (C=O) groups excluding carboxylic acids is 1. The maximum absolute atomic E-state index is 13.9. The van der Waals surface area contributed by atoms with Crippen LogP contribution in [-0.2, 0) is 11.4 Å². The average molecular weight is 567 g/mol. The van der Waals surface area contributed by atoms with Crippen LogP contribution in [0.15, 0.2) is 78.0 Å². The van der Waals surface area contributed by atoms with E-state index in [9.17, 15) is 9.59 Å². The molecule has 0 radical (unpaired) electrons. The lowest BCUT2D eigenvalue weighted by molar-refractivity contribution is -0.113. The summed E-state index contributed by atoms with van der Waals surface area (Å²) in [6.45, 7) is 0.988. The number of H-pyrrole nitrogens is 1. The summed E-state index contributed by atoms with van der Waals surface area (Å²) in [5, 5.41) is 10.1. The number of hydrogen-bond donors (Lipinski definition) is 2. The summed E-state index contributed by atoms with van der Waals surface area (Å²) in [5.41, 5.74) is 9.05. The summed E-state index contributed by atoms with van der Waals surface area (Å²) in [6, 6.07) is 14.8. The van der Waals surface area contributed by atoms with Gasteiger partial charge in [-0.05, 0) is 62.4 Å². The van der Waals surface area contributed by atoms with E-state index in [1.807, 2.05) is 12.1 Å². The van der Waals surface area contributed by atoms with Crippen LogP contribution in [0.3, 0.4) is 0 Å². The maximum Gasteiger partial charge on any atom is 0.339 e. The van der Waals surface area contributed by atoms with Crippen LogP contribution in [0.25, 0.3) is 22.5 Å². The Morgan fingerprint density at radius 2 is 1.93 bits per heavy atom. The Bertz CT molecular complexity index is 1800. The standard InChI is InChI=1S/C29H30N10O3/c1-36(20-8-9-20)14-4-7-25(40)37(2)22-5-3-6-23(15-22)39-28-26(27(30)31-18-32-28)38(29(39)41)21-10-12-24(13-11-21)42-17-19-16-33-35-34-19/h3-7,10-13,15-16,18,20H,8-9,14,17H2,1-2H3,(H2,30,31,32)(H,33,34,35)/b7-4+. The molecule has 0 spiro atoms. The van der Waals surface area contributed by atoms with Gasteiger partial charge in [0.15, 0.2) is 11.5 Å². The molecular formula is C29H30N10O3.